The third kappa shape index (κ3) is 2.82. The second kappa shape index (κ2) is 4.98. The molecule has 0 fully saturated rings. The summed E-state index contributed by atoms with van der Waals surface area (Å²) < 4.78 is 2.70. The van der Waals surface area contributed by atoms with Crippen LogP contribution < -0.4 is 0 Å². The van der Waals surface area contributed by atoms with E-state index in [-0.39, 0.29) is 5.75 Å². The zero-order valence-corrected chi connectivity index (χ0v) is 12.8. The number of phenols is 1. The van der Waals surface area contributed by atoms with Crippen molar-refractivity contribution in [3.05, 3.63) is 45.7 Å². The van der Waals surface area contributed by atoms with Crippen LogP contribution >= 0.6 is 15.9 Å². The molecule has 2 aromatic rings. The van der Waals surface area contributed by atoms with Crippen LogP contribution in [-0.4, -0.2) is 20.0 Å². The van der Waals surface area contributed by atoms with Gasteiger partial charge >= 0.3 is 0 Å². The number of phenolic OH excluding ortho intramolecular Hbond substituents is 1. The van der Waals surface area contributed by atoms with Crippen LogP contribution in [0.4, 0.5) is 0 Å². The van der Waals surface area contributed by atoms with E-state index in [9.17, 15) is 10.2 Å². The molecular formula is C14H17BrN2O2. The van der Waals surface area contributed by atoms with Gasteiger partial charge in [0.15, 0.2) is 0 Å². The van der Waals surface area contributed by atoms with Crippen molar-refractivity contribution >= 4 is 15.9 Å². The average Bonchev–Trinajstić information content (AvgIpc) is 2.56. The minimum absolute atomic E-state index is 0.192. The van der Waals surface area contributed by atoms with Crippen LogP contribution in [0.15, 0.2) is 28.7 Å². The third-order valence-electron chi connectivity index (χ3n) is 3.26. The van der Waals surface area contributed by atoms with E-state index in [1.807, 2.05) is 14.0 Å². The summed E-state index contributed by atoms with van der Waals surface area (Å²) in [7, 11) is 1.86. The molecule has 2 rings (SSSR count). The first kappa shape index (κ1) is 14.1. The van der Waals surface area contributed by atoms with E-state index in [0.717, 1.165) is 21.4 Å². The number of aliphatic hydroxyl groups is 1. The molecule has 0 spiro atoms. The normalized spacial score (nSPS) is 14.4. The van der Waals surface area contributed by atoms with Gasteiger partial charge < -0.3 is 10.2 Å². The van der Waals surface area contributed by atoms with Gasteiger partial charge in [-0.1, -0.05) is 12.1 Å². The van der Waals surface area contributed by atoms with Crippen LogP contribution in [0.3, 0.4) is 0 Å². The standard InChI is InChI=1S/C14H17BrN2O2/c1-9-13(15)12(17(3)16-9)8-14(2,19)10-4-6-11(18)7-5-10/h4-7,18-19H,8H2,1-3H3. The molecule has 0 aliphatic heterocycles. The predicted octanol–water partition coefficient (Wildman–Crippen LogP) is 2.65. The SMILES string of the molecule is Cc1nn(C)c(CC(C)(O)c2ccc(O)cc2)c1Br. The van der Waals surface area contributed by atoms with Gasteiger partial charge in [-0.25, -0.2) is 0 Å². The number of hydrogen-bond acceptors (Lipinski definition) is 3. The molecule has 1 atom stereocenters. The Hall–Kier alpha value is -1.33. The molecule has 0 aliphatic rings. The van der Waals surface area contributed by atoms with Crippen LogP contribution in [-0.2, 0) is 19.1 Å². The molecule has 2 N–H and O–H groups in total. The minimum atomic E-state index is -1.02. The summed E-state index contributed by atoms with van der Waals surface area (Å²) in [6.07, 6.45) is 0.440. The van der Waals surface area contributed by atoms with Gasteiger partial charge in [0, 0.05) is 13.5 Å². The third-order valence-corrected chi connectivity index (χ3v) is 4.29. The van der Waals surface area contributed by atoms with E-state index >= 15 is 0 Å². The predicted molar refractivity (Wildman–Crippen MR) is 77.0 cm³/mol. The molecule has 1 heterocycles. The van der Waals surface area contributed by atoms with Crippen LogP contribution in [0, 0.1) is 6.92 Å². The van der Waals surface area contributed by atoms with Crippen molar-refractivity contribution in [1.29, 1.82) is 0 Å². The topological polar surface area (TPSA) is 58.3 Å². The first-order valence-electron chi connectivity index (χ1n) is 6.01. The highest BCUT2D eigenvalue weighted by Crippen LogP contribution is 2.30. The van der Waals surface area contributed by atoms with E-state index in [1.54, 1.807) is 35.9 Å². The van der Waals surface area contributed by atoms with Gasteiger partial charge in [-0.3, -0.25) is 4.68 Å². The highest BCUT2D eigenvalue weighted by atomic mass is 79.9. The lowest BCUT2D eigenvalue weighted by atomic mass is 9.91. The highest BCUT2D eigenvalue weighted by Gasteiger charge is 2.27. The number of halogens is 1. The first-order chi connectivity index (χ1) is 8.81. The molecular weight excluding hydrogens is 308 g/mol. The highest BCUT2D eigenvalue weighted by molar-refractivity contribution is 9.10. The largest absolute Gasteiger partial charge is 0.508 e. The summed E-state index contributed by atoms with van der Waals surface area (Å²) in [5, 5.41) is 24.3. The van der Waals surface area contributed by atoms with Crippen LogP contribution in [0.1, 0.15) is 23.9 Å². The number of benzene rings is 1. The quantitative estimate of drug-likeness (QED) is 0.912. The lowest BCUT2D eigenvalue weighted by Gasteiger charge is -2.24. The van der Waals surface area contributed by atoms with Gasteiger partial charge in [0.25, 0.3) is 0 Å². The summed E-state index contributed by atoms with van der Waals surface area (Å²) in [4.78, 5) is 0. The molecule has 0 aliphatic carbocycles. The number of nitrogens with zero attached hydrogens (tertiary/aromatic N) is 2. The maximum atomic E-state index is 10.6. The summed E-state index contributed by atoms with van der Waals surface area (Å²) in [6.45, 7) is 3.68. The second-order valence-corrected chi connectivity index (χ2v) is 5.76. The van der Waals surface area contributed by atoms with Crippen molar-refractivity contribution in [2.45, 2.75) is 25.9 Å². The molecule has 1 aromatic carbocycles. The Balaban J connectivity index is 2.33. The van der Waals surface area contributed by atoms with Crippen molar-refractivity contribution in [3.63, 3.8) is 0 Å². The van der Waals surface area contributed by atoms with Crippen molar-refractivity contribution in [2.75, 3.05) is 0 Å². The van der Waals surface area contributed by atoms with Gasteiger partial charge in [-0.15, -0.1) is 0 Å². The van der Waals surface area contributed by atoms with Crippen molar-refractivity contribution in [1.82, 2.24) is 9.78 Å². The fourth-order valence-electron chi connectivity index (χ4n) is 2.12. The fraction of sp³-hybridized carbons (Fsp3) is 0.357. The number of aromatic nitrogens is 2. The molecule has 0 radical (unpaired) electrons. The van der Waals surface area contributed by atoms with E-state index in [1.165, 1.54) is 0 Å². The summed E-state index contributed by atoms with van der Waals surface area (Å²) in [5.74, 6) is 0.192. The van der Waals surface area contributed by atoms with E-state index in [0.29, 0.717) is 6.42 Å². The molecule has 0 saturated heterocycles. The van der Waals surface area contributed by atoms with Crippen molar-refractivity contribution < 1.29 is 10.2 Å². The zero-order valence-electron chi connectivity index (χ0n) is 11.2. The van der Waals surface area contributed by atoms with E-state index in [2.05, 4.69) is 21.0 Å². The summed E-state index contributed by atoms with van der Waals surface area (Å²) >= 11 is 3.50. The van der Waals surface area contributed by atoms with E-state index in [4.69, 9.17) is 0 Å². The zero-order chi connectivity index (χ0) is 14.2. The molecule has 0 amide bonds. The molecule has 19 heavy (non-hydrogen) atoms. The Bertz CT molecular complexity index is 588. The summed E-state index contributed by atoms with van der Waals surface area (Å²) in [5.41, 5.74) is 1.59. The van der Waals surface area contributed by atoms with Gasteiger partial charge in [0.05, 0.1) is 21.5 Å². The lowest BCUT2D eigenvalue weighted by molar-refractivity contribution is 0.0554. The molecule has 1 aromatic heterocycles. The summed E-state index contributed by atoms with van der Waals surface area (Å²) in [6, 6.07) is 6.61. The monoisotopic (exact) mass is 324 g/mol. The van der Waals surface area contributed by atoms with Crippen LogP contribution in [0.5, 0.6) is 5.75 Å². The fourth-order valence-corrected chi connectivity index (χ4v) is 2.60. The minimum Gasteiger partial charge on any atom is -0.508 e. The Kier molecular flexibility index (Phi) is 3.69. The number of aryl methyl sites for hydroxylation is 2. The Morgan fingerprint density at radius 1 is 1.32 bits per heavy atom. The molecule has 102 valence electrons. The average molecular weight is 325 g/mol. The smallest absolute Gasteiger partial charge is 0.115 e. The molecule has 0 bridgehead atoms. The Morgan fingerprint density at radius 3 is 2.37 bits per heavy atom. The number of aromatic hydroxyl groups is 1. The maximum Gasteiger partial charge on any atom is 0.115 e. The molecule has 4 nitrogen and oxygen atoms in total. The van der Waals surface area contributed by atoms with Crippen molar-refractivity contribution in [2.24, 2.45) is 7.05 Å². The first-order valence-corrected chi connectivity index (χ1v) is 6.80. The van der Waals surface area contributed by atoms with Crippen LogP contribution in [0.25, 0.3) is 0 Å². The Morgan fingerprint density at radius 2 is 1.89 bits per heavy atom. The Labute approximate surface area is 120 Å². The van der Waals surface area contributed by atoms with Gasteiger partial charge in [0.2, 0.25) is 0 Å². The lowest BCUT2D eigenvalue weighted by Crippen LogP contribution is -2.25. The van der Waals surface area contributed by atoms with Crippen LogP contribution in [0.2, 0.25) is 0 Å². The van der Waals surface area contributed by atoms with Gasteiger partial charge in [-0.2, -0.15) is 5.10 Å². The molecule has 5 heteroatoms. The van der Waals surface area contributed by atoms with Gasteiger partial charge in [0.1, 0.15) is 5.75 Å². The maximum absolute atomic E-state index is 10.6. The number of rotatable bonds is 3. The molecule has 1 unspecified atom stereocenters. The van der Waals surface area contributed by atoms with Crippen molar-refractivity contribution in [3.8, 4) is 5.75 Å². The van der Waals surface area contributed by atoms with Gasteiger partial charge in [-0.05, 0) is 47.5 Å². The van der Waals surface area contributed by atoms with E-state index < -0.39 is 5.60 Å². The molecule has 0 saturated carbocycles. The second-order valence-electron chi connectivity index (χ2n) is 4.97. The number of hydrogen-bond donors (Lipinski definition) is 2.